The molecule has 2 aromatic carbocycles. The highest BCUT2D eigenvalue weighted by Crippen LogP contribution is 2.42. The van der Waals surface area contributed by atoms with Crippen molar-refractivity contribution in [3.05, 3.63) is 76.9 Å². The molecule has 0 amide bonds. The minimum absolute atomic E-state index is 0.0590. The van der Waals surface area contributed by atoms with Crippen LogP contribution in [0.5, 0.6) is 0 Å². The first-order valence-corrected chi connectivity index (χ1v) is 8.96. The van der Waals surface area contributed by atoms with Gasteiger partial charge in [-0.3, -0.25) is 0 Å². The predicted molar refractivity (Wildman–Crippen MR) is 102 cm³/mol. The maximum absolute atomic E-state index is 9.04. The molecule has 0 radical (unpaired) electrons. The largest absolute Gasteiger partial charge is 0.394 e. The number of hydrogen-bond acceptors (Lipinski definition) is 2. The van der Waals surface area contributed by atoms with Crippen LogP contribution in [0.3, 0.4) is 0 Å². The molecule has 2 aliphatic rings. The minimum Gasteiger partial charge on any atom is -0.394 e. The van der Waals surface area contributed by atoms with Gasteiger partial charge in [-0.1, -0.05) is 60.2 Å². The molecule has 0 bridgehead atoms. The molecule has 128 valence electrons. The van der Waals surface area contributed by atoms with Gasteiger partial charge >= 0.3 is 0 Å². The number of ether oxygens (including phenoxy) is 1. The van der Waals surface area contributed by atoms with Crippen molar-refractivity contribution in [1.29, 1.82) is 0 Å². The Morgan fingerprint density at radius 2 is 1.80 bits per heavy atom. The van der Waals surface area contributed by atoms with E-state index in [4.69, 9.17) is 9.84 Å². The number of aliphatic hydroxyl groups is 1. The van der Waals surface area contributed by atoms with Gasteiger partial charge in [0.05, 0.1) is 18.8 Å². The van der Waals surface area contributed by atoms with Gasteiger partial charge < -0.3 is 9.84 Å². The van der Waals surface area contributed by atoms with E-state index in [1.54, 1.807) is 0 Å². The van der Waals surface area contributed by atoms with Crippen molar-refractivity contribution in [3.8, 4) is 11.1 Å². The van der Waals surface area contributed by atoms with Crippen molar-refractivity contribution < 1.29 is 9.84 Å². The van der Waals surface area contributed by atoms with E-state index in [1.165, 1.54) is 39.0 Å². The van der Waals surface area contributed by atoms with Gasteiger partial charge in [0.15, 0.2) is 0 Å². The number of aliphatic hydroxyl groups excluding tert-OH is 1. The fourth-order valence-corrected chi connectivity index (χ4v) is 4.19. The van der Waals surface area contributed by atoms with Crippen LogP contribution in [0.15, 0.2) is 60.2 Å². The molecule has 0 aromatic heterocycles. The molecule has 2 aromatic rings. The summed E-state index contributed by atoms with van der Waals surface area (Å²) in [6, 6.07) is 15.3. The van der Waals surface area contributed by atoms with Crippen LogP contribution in [0.4, 0.5) is 0 Å². The average molecular weight is 332 g/mol. The molecule has 0 saturated heterocycles. The van der Waals surface area contributed by atoms with Crippen molar-refractivity contribution >= 4 is 5.57 Å². The monoisotopic (exact) mass is 332 g/mol. The first kappa shape index (κ1) is 16.3. The van der Waals surface area contributed by atoms with Crippen molar-refractivity contribution in [2.45, 2.75) is 32.3 Å². The van der Waals surface area contributed by atoms with E-state index >= 15 is 0 Å². The van der Waals surface area contributed by atoms with Crippen LogP contribution in [0, 0.1) is 0 Å². The zero-order valence-electron chi connectivity index (χ0n) is 14.9. The first-order chi connectivity index (χ1) is 12.1. The Morgan fingerprint density at radius 1 is 1.04 bits per heavy atom. The van der Waals surface area contributed by atoms with Crippen LogP contribution in [-0.2, 0) is 11.2 Å². The summed E-state index contributed by atoms with van der Waals surface area (Å²) >= 11 is 0. The Labute approximate surface area is 149 Å². The maximum Gasteiger partial charge on any atom is 0.0875 e. The van der Waals surface area contributed by atoms with Crippen LogP contribution in [0.2, 0.25) is 0 Å². The highest BCUT2D eigenvalue weighted by atomic mass is 16.5. The predicted octanol–water partition coefficient (Wildman–Crippen LogP) is 4.76. The molecular formula is C23H24O2. The van der Waals surface area contributed by atoms with Gasteiger partial charge in [0.25, 0.3) is 0 Å². The molecule has 1 atom stereocenters. The van der Waals surface area contributed by atoms with E-state index in [0.29, 0.717) is 6.61 Å². The zero-order chi connectivity index (χ0) is 17.4. The minimum atomic E-state index is -0.322. The van der Waals surface area contributed by atoms with Gasteiger partial charge in [0.1, 0.15) is 0 Å². The van der Waals surface area contributed by atoms with Crippen molar-refractivity contribution in [2.24, 2.45) is 0 Å². The lowest BCUT2D eigenvalue weighted by molar-refractivity contribution is -0.0127. The molecular weight excluding hydrogens is 308 g/mol. The number of fused-ring (bicyclic) bond motifs is 3. The fraction of sp³-hybridized carbons (Fsp3) is 0.304. The second-order valence-electron chi connectivity index (χ2n) is 7.25. The van der Waals surface area contributed by atoms with E-state index in [0.717, 1.165) is 12.8 Å². The molecule has 25 heavy (non-hydrogen) atoms. The molecule has 2 nitrogen and oxygen atoms in total. The summed E-state index contributed by atoms with van der Waals surface area (Å²) in [5.41, 5.74) is 9.26. The van der Waals surface area contributed by atoms with Crippen LogP contribution in [-0.4, -0.2) is 23.9 Å². The molecule has 0 saturated carbocycles. The van der Waals surface area contributed by atoms with Crippen molar-refractivity contribution in [1.82, 2.24) is 0 Å². The Balaban J connectivity index is 1.71. The van der Waals surface area contributed by atoms with Gasteiger partial charge in [-0.2, -0.15) is 0 Å². The lowest BCUT2D eigenvalue weighted by atomic mass is 9.83. The molecule has 0 heterocycles. The molecule has 0 spiro atoms. The van der Waals surface area contributed by atoms with Crippen LogP contribution < -0.4 is 0 Å². The third kappa shape index (κ3) is 2.86. The SMILES string of the molecule is CC1=C(c2cccc3c2Cc2ccccc2-3)C=CC(C)(OCCO)C1. The van der Waals surface area contributed by atoms with Crippen LogP contribution in [0.1, 0.15) is 37.0 Å². The second kappa shape index (κ2) is 6.29. The number of hydrogen-bond donors (Lipinski definition) is 1. The highest BCUT2D eigenvalue weighted by Gasteiger charge is 2.28. The zero-order valence-corrected chi connectivity index (χ0v) is 14.9. The maximum atomic E-state index is 9.04. The van der Waals surface area contributed by atoms with Crippen molar-refractivity contribution in [2.75, 3.05) is 13.2 Å². The van der Waals surface area contributed by atoms with E-state index in [9.17, 15) is 0 Å². The standard InChI is InChI=1S/C23H24O2/c1-16-15-23(2,25-13-12-24)11-10-18(16)20-8-5-9-21-19-7-4-3-6-17(19)14-22(20)21/h3-11,24H,12-15H2,1-2H3. The molecule has 1 unspecified atom stereocenters. The normalized spacial score (nSPS) is 21.4. The number of allylic oxidation sites excluding steroid dienone is 2. The Morgan fingerprint density at radius 3 is 2.60 bits per heavy atom. The Hall–Kier alpha value is -2.16. The van der Waals surface area contributed by atoms with Crippen LogP contribution >= 0.6 is 0 Å². The molecule has 0 aliphatic heterocycles. The van der Waals surface area contributed by atoms with Crippen LogP contribution in [0.25, 0.3) is 16.7 Å². The third-order valence-electron chi connectivity index (χ3n) is 5.34. The van der Waals surface area contributed by atoms with Gasteiger partial charge in [0, 0.05) is 6.42 Å². The lowest BCUT2D eigenvalue weighted by Crippen LogP contribution is -2.30. The summed E-state index contributed by atoms with van der Waals surface area (Å²) in [4.78, 5) is 0. The van der Waals surface area contributed by atoms with E-state index in [-0.39, 0.29) is 12.2 Å². The fourth-order valence-electron chi connectivity index (χ4n) is 4.19. The summed E-state index contributed by atoms with van der Waals surface area (Å²) in [5, 5.41) is 9.04. The summed E-state index contributed by atoms with van der Waals surface area (Å²) in [5.74, 6) is 0. The molecule has 2 aliphatic carbocycles. The third-order valence-corrected chi connectivity index (χ3v) is 5.34. The highest BCUT2D eigenvalue weighted by molar-refractivity contribution is 5.87. The summed E-state index contributed by atoms with van der Waals surface area (Å²) in [7, 11) is 0. The summed E-state index contributed by atoms with van der Waals surface area (Å²) in [6.07, 6.45) is 6.21. The van der Waals surface area contributed by atoms with Gasteiger partial charge in [-0.15, -0.1) is 0 Å². The molecule has 2 heteroatoms. The van der Waals surface area contributed by atoms with Crippen molar-refractivity contribution in [3.63, 3.8) is 0 Å². The van der Waals surface area contributed by atoms with Gasteiger partial charge in [-0.05, 0) is 53.7 Å². The summed E-state index contributed by atoms with van der Waals surface area (Å²) < 4.78 is 5.85. The van der Waals surface area contributed by atoms with Gasteiger partial charge in [-0.25, -0.2) is 0 Å². The van der Waals surface area contributed by atoms with Gasteiger partial charge in [0.2, 0.25) is 0 Å². The average Bonchev–Trinajstić information content (AvgIpc) is 2.99. The topological polar surface area (TPSA) is 29.5 Å². The first-order valence-electron chi connectivity index (χ1n) is 8.96. The molecule has 0 fully saturated rings. The summed E-state index contributed by atoms with van der Waals surface area (Å²) in [6.45, 7) is 4.72. The van der Waals surface area contributed by atoms with E-state index in [2.05, 4.69) is 68.5 Å². The Kier molecular flexibility index (Phi) is 4.10. The Bertz CT molecular complexity index is 875. The smallest absolute Gasteiger partial charge is 0.0875 e. The number of benzene rings is 2. The van der Waals surface area contributed by atoms with E-state index < -0.39 is 0 Å². The van der Waals surface area contributed by atoms with E-state index in [1.807, 2.05) is 0 Å². The molecule has 1 N–H and O–H groups in total. The quantitative estimate of drug-likeness (QED) is 0.746. The lowest BCUT2D eigenvalue weighted by Gasteiger charge is -2.31. The number of rotatable bonds is 4. The second-order valence-corrected chi connectivity index (χ2v) is 7.25. The molecule has 4 rings (SSSR count).